The van der Waals surface area contributed by atoms with Crippen molar-refractivity contribution in [3.63, 3.8) is 0 Å². The van der Waals surface area contributed by atoms with Crippen molar-refractivity contribution in [1.82, 2.24) is 0 Å². The molecule has 1 aromatic carbocycles. The number of halogens is 2. The fraction of sp³-hybridized carbons (Fsp3) is 0.0714. The van der Waals surface area contributed by atoms with Gasteiger partial charge >= 0.3 is 0 Å². The molecular formula is C14H10Cl2O2. The molecule has 0 aliphatic heterocycles. The summed E-state index contributed by atoms with van der Waals surface area (Å²) in [6.45, 7) is 1.85. The second-order valence-electron chi connectivity index (χ2n) is 3.77. The first-order valence-electron chi connectivity index (χ1n) is 5.30. The molecule has 2 nitrogen and oxygen atoms in total. The average Bonchev–Trinajstić information content (AvgIpc) is 2.75. The summed E-state index contributed by atoms with van der Waals surface area (Å²) in [4.78, 5) is 11.9. The van der Waals surface area contributed by atoms with Gasteiger partial charge in [0.15, 0.2) is 5.78 Å². The van der Waals surface area contributed by atoms with Crippen LogP contribution in [0.3, 0.4) is 0 Å². The molecule has 92 valence electrons. The van der Waals surface area contributed by atoms with Gasteiger partial charge in [-0.25, -0.2) is 0 Å². The molecule has 0 aliphatic carbocycles. The molecule has 1 aromatic heterocycles. The SMILES string of the molecule is Cc1ccc(C=CC(=O)c2ccc(Cl)c(Cl)c2)o1. The molecule has 2 aromatic rings. The van der Waals surface area contributed by atoms with E-state index in [0.717, 1.165) is 5.76 Å². The maximum atomic E-state index is 11.9. The lowest BCUT2D eigenvalue weighted by molar-refractivity contribution is 0.104. The first-order chi connectivity index (χ1) is 8.56. The molecule has 0 unspecified atom stereocenters. The number of allylic oxidation sites excluding steroid dienone is 1. The number of benzene rings is 1. The van der Waals surface area contributed by atoms with Crippen LogP contribution in [0.2, 0.25) is 10.0 Å². The minimum atomic E-state index is -0.150. The van der Waals surface area contributed by atoms with Crippen molar-refractivity contribution in [1.29, 1.82) is 0 Å². The molecule has 18 heavy (non-hydrogen) atoms. The Balaban J connectivity index is 2.16. The quantitative estimate of drug-likeness (QED) is 0.598. The number of carbonyl (C=O) groups excluding carboxylic acids is 1. The van der Waals surface area contributed by atoms with Gasteiger partial charge in [0.05, 0.1) is 10.0 Å². The lowest BCUT2D eigenvalue weighted by Gasteiger charge is -1.98. The third kappa shape index (κ3) is 3.03. The van der Waals surface area contributed by atoms with E-state index in [9.17, 15) is 4.79 Å². The third-order valence-corrected chi connectivity index (χ3v) is 3.10. The molecule has 2 rings (SSSR count). The van der Waals surface area contributed by atoms with E-state index in [1.54, 1.807) is 30.3 Å². The van der Waals surface area contributed by atoms with Crippen LogP contribution in [0.25, 0.3) is 6.08 Å². The summed E-state index contributed by atoms with van der Waals surface area (Å²) in [7, 11) is 0. The van der Waals surface area contributed by atoms with Gasteiger partial charge in [-0.3, -0.25) is 4.79 Å². The predicted octanol–water partition coefficient (Wildman–Crippen LogP) is 4.79. The van der Waals surface area contributed by atoms with Gasteiger partial charge in [-0.1, -0.05) is 23.2 Å². The molecular weight excluding hydrogens is 271 g/mol. The van der Waals surface area contributed by atoms with Crippen LogP contribution in [-0.4, -0.2) is 5.78 Å². The van der Waals surface area contributed by atoms with Gasteiger partial charge < -0.3 is 4.42 Å². The summed E-state index contributed by atoms with van der Waals surface area (Å²) in [5.41, 5.74) is 0.490. The van der Waals surface area contributed by atoms with Crippen LogP contribution in [0, 0.1) is 6.92 Å². The summed E-state index contributed by atoms with van der Waals surface area (Å²) in [6, 6.07) is 8.41. The van der Waals surface area contributed by atoms with E-state index in [2.05, 4.69) is 0 Å². The van der Waals surface area contributed by atoms with Crippen LogP contribution >= 0.6 is 23.2 Å². The number of rotatable bonds is 3. The van der Waals surface area contributed by atoms with E-state index < -0.39 is 0 Å². The Labute approximate surface area is 115 Å². The van der Waals surface area contributed by atoms with Crippen LogP contribution in [-0.2, 0) is 0 Å². The Hall–Kier alpha value is -1.51. The molecule has 0 spiro atoms. The Morgan fingerprint density at radius 2 is 1.94 bits per heavy atom. The molecule has 1 heterocycles. The van der Waals surface area contributed by atoms with Crippen molar-refractivity contribution in [2.75, 3.05) is 0 Å². The lowest BCUT2D eigenvalue weighted by atomic mass is 10.1. The number of aryl methyl sites for hydroxylation is 1. The number of hydrogen-bond acceptors (Lipinski definition) is 2. The van der Waals surface area contributed by atoms with Gasteiger partial charge in [0.25, 0.3) is 0 Å². The van der Waals surface area contributed by atoms with Crippen LogP contribution in [0.15, 0.2) is 40.8 Å². The third-order valence-electron chi connectivity index (χ3n) is 2.36. The van der Waals surface area contributed by atoms with Crippen LogP contribution in [0.5, 0.6) is 0 Å². The molecule has 4 heteroatoms. The monoisotopic (exact) mass is 280 g/mol. The highest BCUT2D eigenvalue weighted by Gasteiger charge is 2.05. The van der Waals surface area contributed by atoms with Gasteiger partial charge in [-0.2, -0.15) is 0 Å². The standard InChI is InChI=1S/C14H10Cl2O2/c1-9-2-4-11(18-9)5-7-14(17)10-3-6-12(15)13(16)8-10/h2-8H,1H3. The molecule has 0 fully saturated rings. The summed E-state index contributed by atoms with van der Waals surface area (Å²) in [6.07, 6.45) is 3.07. The highest BCUT2D eigenvalue weighted by Crippen LogP contribution is 2.23. The Bertz CT molecular complexity index is 612. The number of furan rings is 1. The number of carbonyl (C=O) groups is 1. The smallest absolute Gasteiger partial charge is 0.186 e. The van der Waals surface area contributed by atoms with Crippen molar-refractivity contribution in [2.24, 2.45) is 0 Å². The molecule has 0 N–H and O–H groups in total. The topological polar surface area (TPSA) is 30.2 Å². The Morgan fingerprint density at radius 3 is 2.56 bits per heavy atom. The second kappa shape index (κ2) is 5.42. The largest absolute Gasteiger partial charge is 0.462 e. The van der Waals surface area contributed by atoms with Gasteiger partial charge in [0.1, 0.15) is 11.5 Å². The van der Waals surface area contributed by atoms with Gasteiger partial charge in [-0.15, -0.1) is 0 Å². The average molecular weight is 281 g/mol. The fourth-order valence-corrected chi connectivity index (χ4v) is 1.74. The first kappa shape index (κ1) is 12.9. The zero-order valence-electron chi connectivity index (χ0n) is 9.61. The molecule has 0 radical (unpaired) electrons. The molecule has 0 bridgehead atoms. The van der Waals surface area contributed by atoms with Crippen LogP contribution < -0.4 is 0 Å². The van der Waals surface area contributed by atoms with E-state index in [1.165, 1.54) is 6.08 Å². The minimum absolute atomic E-state index is 0.150. The normalized spacial score (nSPS) is 11.1. The van der Waals surface area contributed by atoms with Crippen molar-refractivity contribution in [3.8, 4) is 0 Å². The highest BCUT2D eigenvalue weighted by atomic mass is 35.5. The maximum absolute atomic E-state index is 11.9. The molecule has 0 atom stereocenters. The van der Waals surface area contributed by atoms with Crippen LogP contribution in [0.1, 0.15) is 21.9 Å². The van der Waals surface area contributed by atoms with Crippen molar-refractivity contribution in [3.05, 3.63) is 63.5 Å². The maximum Gasteiger partial charge on any atom is 0.186 e. The molecule has 0 aliphatic rings. The fourth-order valence-electron chi connectivity index (χ4n) is 1.45. The molecule has 0 saturated heterocycles. The molecule has 0 amide bonds. The van der Waals surface area contributed by atoms with E-state index >= 15 is 0 Å². The highest BCUT2D eigenvalue weighted by molar-refractivity contribution is 6.42. The Morgan fingerprint density at radius 1 is 1.17 bits per heavy atom. The minimum Gasteiger partial charge on any atom is -0.462 e. The second-order valence-corrected chi connectivity index (χ2v) is 4.59. The summed E-state index contributed by atoms with van der Waals surface area (Å²) < 4.78 is 5.33. The summed E-state index contributed by atoms with van der Waals surface area (Å²) in [5.74, 6) is 1.29. The van der Waals surface area contributed by atoms with E-state index in [0.29, 0.717) is 21.4 Å². The van der Waals surface area contributed by atoms with Crippen molar-refractivity contribution < 1.29 is 9.21 Å². The lowest BCUT2D eigenvalue weighted by Crippen LogP contribution is -1.93. The first-order valence-corrected chi connectivity index (χ1v) is 6.06. The predicted molar refractivity (Wildman–Crippen MR) is 73.3 cm³/mol. The Kier molecular flexibility index (Phi) is 3.90. The number of ketones is 1. The van der Waals surface area contributed by atoms with Gasteiger partial charge in [0.2, 0.25) is 0 Å². The van der Waals surface area contributed by atoms with Gasteiger partial charge in [-0.05, 0) is 49.4 Å². The molecule has 0 saturated carbocycles. The number of hydrogen-bond donors (Lipinski definition) is 0. The zero-order chi connectivity index (χ0) is 13.1. The van der Waals surface area contributed by atoms with Crippen molar-refractivity contribution >= 4 is 35.1 Å². The van der Waals surface area contributed by atoms with E-state index in [4.69, 9.17) is 27.6 Å². The van der Waals surface area contributed by atoms with Gasteiger partial charge in [0, 0.05) is 5.56 Å². The summed E-state index contributed by atoms with van der Waals surface area (Å²) >= 11 is 11.6. The van der Waals surface area contributed by atoms with E-state index in [-0.39, 0.29) is 5.78 Å². The van der Waals surface area contributed by atoms with E-state index in [1.807, 2.05) is 13.0 Å². The van der Waals surface area contributed by atoms with Crippen LogP contribution in [0.4, 0.5) is 0 Å². The zero-order valence-corrected chi connectivity index (χ0v) is 11.1. The summed E-state index contributed by atoms with van der Waals surface area (Å²) in [5, 5.41) is 0.795. The van der Waals surface area contributed by atoms with Crippen molar-refractivity contribution in [2.45, 2.75) is 6.92 Å².